The van der Waals surface area contributed by atoms with E-state index in [1.165, 1.54) is 0 Å². The summed E-state index contributed by atoms with van der Waals surface area (Å²) in [4.78, 5) is 0. The van der Waals surface area contributed by atoms with Crippen molar-refractivity contribution in [3.05, 3.63) is 66.2 Å². The van der Waals surface area contributed by atoms with E-state index in [1.54, 1.807) is 26.4 Å². The van der Waals surface area contributed by atoms with Crippen LogP contribution in [0.3, 0.4) is 0 Å². The van der Waals surface area contributed by atoms with Gasteiger partial charge < -0.3 is 19.9 Å². The van der Waals surface area contributed by atoms with Crippen molar-refractivity contribution < 1.29 is 14.2 Å². The van der Waals surface area contributed by atoms with Crippen LogP contribution in [0.2, 0.25) is 0 Å². The number of nitrogens with two attached hydrogens (primary N) is 1. The quantitative estimate of drug-likeness (QED) is 0.780. The lowest BCUT2D eigenvalue weighted by atomic mass is 10.1. The Bertz CT molecular complexity index is 632. The highest BCUT2D eigenvalue weighted by Gasteiger charge is 2.16. The van der Waals surface area contributed by atoms with Crippen LogP contribution in [0.25, 0.3) is 0 Å². The minimum absolute atomic E-state index is 0. The lowest BCUT2D eigenvalue weighted by Gasteiger charge is -2.18. The second-order valence-electron chi connectivity index (χ2n) is 4.78. The summed E-state index contributed by atoms with van der Waals surface area (Å²) in [5.74, 6) is 1.88. The summed E-state index contributed by atoms with van der Waals surface area (Å²) in [6, 6.07) is 13.2. The number of ether oxygens (including phenoxy) is 3. The van der Waals surface area contributed by atoms with Crippen molar-refractivity contribution >= 4 is 12.4 Å². The van der Waals surface area contributed by atoms with E-state index in [2.05, 4.69) is 6.58 Å². The molecule has 2 aromatic carbocycles. The molecular weight excluding hydrogens is 314 g/mol. The van der Waals surface area contributed by atoms with E-state index in [4.69, 9.17) is 19.9 Å². The van der Waals surface area contributed by atoms with Gasteiger partial charge in [-0.3, -0.25) is 0 Å². The van der Waals surface area contributed by atoms with Crippen LogP contribution in [0.1, 0.15) is 17.2 Å². The Labute approximate surface area is 143 Å². The van der Waals surface area contributed by atoms with Gasteiger partial charge in [-0.05, 0) is 11.6 Å². The van der Waals surface area contributed by atoms with E-state index >= 15 is 0 Å². The molecule has 0 unspecified atom stereocenters. The average molecular weight is 336 g/mol. The van der Waals surface area contributed by atoms with E-state index in [0.717, 1.165) is 11.1 Å². The van der Waals surface area contributed by atoms with Gasteiger partial charge in [0.1, 0.15) is 12.4 Å². The van der Waals surface area contributed by atoms with Gasteiger partial charge in [0.15, 0.2) is 11.5 Å². The van der Waals surface area contributed by atoms with Crippen LogP contribution >= 0.6 is 12.4 Å². The second kappa shape index (κ2) is 9.08. The lowest BCUT2D eigenvalue weighted by Crippen LogP contribution is -2.10. The smallest absolute Gasteiger partial charge is 0.164 e. The van der Waals surface area contributed by atoms with Gasteiger partial charge in [0.05, 0.1) is 20.3 Å². The Hall–Kier alpha value is -2.17. The van der Waals surface area contributed by atoms with Gasteiger partial charge in [-0.25, -0.2) is 0 Å². The predicted octanol–water partition coefficient (Wildman–Crippen LogP) is 3.89. The summed E-state index contributed by atoms with van der Waals surface area (Å²) in [6.45, 7) is 4.19. The first kappa shape index (κ1) is 18.9. The van der Waals surface area contributed by atoms with Crippen molar-refractivity contribution in [3.8, 4) is 17.2 Å². The highest BCUT2D eigenvalue weighted by molar-refractivity contribution is 5.85. The molecule has 0 aliphatic heterocycles. The Morgan fingerprint density at radius 1 is 1.04 bits per heavy atom. The number of hydrogen-bond acceptors (Lipinski definition) is 4. The van der Waals surface area contributed by atoms with E-state index in [-0.39, 0.29) is 18.4 Å². The summed E-state index contributed by atoms with van der Waals surface area (Å²) in [7, 11) is 3.18. The zero-order chi connectivity index (χ0) is 15.9. The van der Waals surface area contributed by atoms with Gasteiger partial charge in [-0.15, -0.1) is 19.0 Å². The molecule has 4 nitrogen and oxygen atoms in total. The molecular formula is C18H22ClNO3. The van der Waals surface area contributed by atoms with Crippen molar-refractivity contribution in [1.29, 1.82) is 0 Å². The van der Waals surface area contributed by atoms with Crippen molar-refractivity contribution in [2.75, 3.05) is 14.2 Å². The third kappa shape index (κ3) is 4.65. The SMILES string of the molecule is C=C[C@@H](N)c1cc(OC)c(OC)cc1OCc1ccccc1.Cl. The van der Waals surface area contributed by atoms with Gasteiger partial charge in [0, 0.05) is 11.6 Å². The van der Waals surface area contributed by atoms with Crippen LogP contribution in [0, 0.1) is 0 Å². The predicted molar refractivity (Wildman–Crippen MR) is 94.7 cm³/mol. The van der Waals surface area contributed by atoms with Gasteiger partial charge in [-0.1, -0.05) is 36.4 Å². The Kier molecular flexibility index (Phi) is 7.45. The summed E-state index contributed by atoms with van der Waals surface area (Å²) in [5, 5.41) is 0. The van der Waals surface area contributed by atoms with Crippen LogP contribution in [-0.2, 0) is 6.61 Å². The molecule has 0 saturated heterocycles. The lowest BCUT2D eigenvalue weighted by molar-refractivity contribution is 0.296. The molecule has 0 bridgehead atoms. The fraction of sp³-hybridized carbons (Fsp3) is 0.222. The molecule has 2 rings (SSSR count). The minimum atomic E-state index is -0.342. The first-order valence-corrected chi connectivity index (χ1v) is 7.00. The molecule has 0 amide bonds. The van der Waals surface area contributed by atoms with Crippen molar-refractivity contribution in [2.45, 2.75) is 12.6 Å². The topological polar surface area (TPSA) is 53.7 Å². The zero-order valence-electron chi connectivity index (χ0n) is 13.3. The maximum absolute atomic E-state index is 6.08. The fourth-order valence-corrected chi connectivity index (χ4v) is 2.12. The maximum Gasteiger partial charge on any atom is 0.164 e. The van der Waals surface area contributed by atoms with Gasteiger partial charge in [-0.2, -0.15) is 0 Å². The third-order valence-corrected chi connectivity index (χ3v) is 3.37. The number of methoxy groups -OCH3 is 2. The van der Waals surface area contributed by atoms with Crippen LogP contribution in [0.15, 0.2) is 55.1 Å². The largest absolute Gasteiger partial charge is 0.493 e. The van der Waals surface area contributed by atoms with Crippen LogP contribution < -0.4 is 19.9 Å². The first-order chi connectivity index (χ1) is 10.7. The molecule has 1 atom stereocenters. The van der Waals surface area contributed by atoms with Gasteiger partial charge in [0.2, 0.25) is 0 Å². The monoisotopic (exact) mass is 335 g/mol. The molecule has 5 heteroatoms. The first-order valence-electron chi connectivity index (χ1n) is 7.00. The summed E-state index contributed by atoms with van der Waals surface area (Å²) < 4.78 is 16.6. The van der Waals surface area contributed by atoms with Crippen molar-refractivity contribution in [2.24, 2.45) is 5.73 Å². The summed E-state index contributed by atoms with van der Waals surface area (Å²) in [6.07, 6.45) is 1.66. The Balaban J connectivity index is 0.00000264. The van der Waals surface area contributed by atoms with Crippen LogP contribution in [0.4, 0.5) is 0 Å². The van der Waals surface area contributed by atoms with Crippen molar-refractivity contribution in [3.63, 3.8) is 0 Å². The summed E-state index contributed by atoms with van der Waals surface area (Å²) >= 11 is 0. The maximum atomic E-state index is 6.08. The molecule has 0 radical (unpaired) electrons. The van der Waals surface area contributed by atoms with E-state index in [0.29, 0.717) is 23.9 Å². The zero-order valence-corrected chi connectivity index (χ0v) is 14.1. The number of halogens is 1. The molecule has 2 N–H and O–H groups in total. The van der Waals surface area contributed by atoms with Gasteiger partial charge >= 0.3 is 0 Å². The molecule has 0 aliphatic rings. The van der Waals surface area contributed by atoms with Crippen LogP contribution in [0.5, 0.6) is 17.2 Å². The Morgan fingerprint density at radius 2 is 1.65 bits per heavy atom. The molecule has 0 spiro atoms. The number of rotatable bonds is 7. The molecule has 0 aliphatic carbocycles. The van der Waals surface area contributed by atoms with Crippen LogP contribution in [-0.4, -0.2) is 14.2 Å². The molecule has 23 heavy (non-hydrogen) atoms. The summed E-state index contributed by atoms with van der Waals surface area (Å²) in [5.41, 5.74) is 7.97. The highest BCUT2D eigenvalue weighted by Crippen LogP contribution is 2.37. The molecule has 0 aromatic heterocycles. The second-order valence-corrected chi connectivity index (χ2v) is 4.78. The average Bonchev–Trinajstić information content (AvgIpc) is 2.59. The molecule has 0 fully saturated rings. The van der Waals surface area contributed by atoms with Crippen molar-refractivity contribution in [1.82, 2.24) is 0 Å². The van der Waals surface area contributed by atoms with E-state index < -0.39 is 0 Å². The third-order valence-electron chi connectivity index (χ3n) is 3.37. The standard InChI is InChI=1S/C18H21NO3.ClH/c1-4-15(19)14-10-17(20-2)18(21-3)11-16(14)22-12-13-8-6-5-7-9-13;/h4-11,15H,1,12,19H2,2-3H3;1H/t15-;/m1./s1. The normalized spacial score (nSPS) is 11.1. The highest BCUT2D eigenvalue weighted by atomic mass is 35.5. The molecule has 0 saturated carbocycles. The molecule has 0 heterocycles. The molecule has 2 aromatic rings. The van der Waals surface area contributed by atoms with Gasteiger partial charge in [0.25, 0.3) is 0 Å². The fourth-order valence-electron chi connectivity index (χ4n) is 2.12. The minimum Gasteiger partial charge on any atom is -0.493 e. The number of benzene rings is 2. The van der Waals surface area contributed by atoms with E-state index in [9.17, 15) is 0 Å². The number of hydrogen-bond donors (Lipinski definition) is 1. The van der Waals surface area contributed by atoms with E-state index in [1.807, 2.05) is 36.4 Å². The molecule has 124 valence electrons. The Morgan fingerprint density at radius 3 is 2.22 bits per heavy atom.